The lowest BCUT2D eigenvalue weighted by atomic mass is 9.89. The number of nitrogens with one attached hydrogen (secondary N) is 7. The Bertz CT molecular complexity index is 2970. The van der Waals surface area contributed by atoms with E-state index < -0.39 is 135 Å². The van der Waals surface area contributed by atoms with Crippen molar-refractivity contribution < 1.29 is 70.6 Å². The van der Waals surface area contributed by atoms with Gasteiger partial charge in [0.15, 0.2) is 0 Å². The molecular weight excluding hydrogens is 1240 g/mol. The fourth-order valence-corrected chi connectivity index (χ4v) is 13.3. The molecule has 95 heavy (non-hydrogen) atoms. The minimum Gasteiger partial charge on any atom is -0.445 e. The Morgan fingerprint density at radius 1 is 0.684 bits per heavy atom. The number of nitrogens with zero attached hydrogens (tertiary/aromatic N) is 3. The summed E-state index contributed by atoms with van der Waals surface area (Å²) in [4.78, 5) is 141. The van der Waals surface area contributed by atoms with Gasteiger partial charge < -0.3 is 67.4 Å². The Morgan fingerprint density at radius 3 is 1.89 bits per heavy atom. The largest absolute Gasteiger partial charge is 0.445 e. The van der Waals surface area contributed by atoms with Gasteiger partial charge >= 0.3 is 12.1 Å². The molecule has 27 nitrogen and oxygen atoms in total. The molecule has 11 N–H and O–H groups in total. The van der Waals surface area contributed by atoms with Crippen molar-refractivity contribution in [3.8, 4) is 0 Å². The van der Waals surface area contributed by atoms with E-state index in [1.807, 2.05) is 13.8 Å². The van der Waals surface area contributed by atoms with Crippen LogP contribution in [0.5, 0.6) is 0 Å². The lowest BCUT2D eigenvalue weighted by molar-refractivity contribution is -0.148. The minimum atomic E-state index is -3.92. The molecule has 11 atom stereocenters. The van der Waals surface area contributed by atoms with Crippen molar-refractivity contribution in [2.45, 2.75) is 212 Å². The van der Waals surface area contributed by atoms with Gasteiger partial charge in [0.1, 0.15) is 36.8 Å². The summed E-state index contributed by atoms with van der Waals surface area (Å²) in [5.74, 6) is -6.55. The van der Waals surface area contributed by atoms with Gasteiger partial charge in [0, 0.05) is 59.9 Å². The zero-order chi connectivity index (χ0) is 70.9. The maximum absolute atomic E-state index is 14.9. The van der Waals surface area contributed by atoms with Crippen LogP contribution in [-0.4, -0.2) is 190 Å². The Morgan fingerprint density at radius 2 is 1.33 bits per heavy atom. The highest BCUT2D eigenvalue weighted by Crippen LogP contribution is 2.31. The summed E-state index contributed by atoms with van der Waals surface area (Å²) in [5.41, 5.74) is 12.4. The second-order valence-electron chi connectivity index (χ2n) is 26.2. The third-order valence-corrected chi connectivity index (χ3v) is 19.6. The van der Waals surface area contributed by atoms with Crippen molar-refractivity contribution in [2.24, 2.45) is 41.1 Å². The van der Waals surface area contributed by atoms with Crippen LogP contribution in [0, 0.1) is 29.6 Å². The fraction of sp³-hybridized carbons (Fsp3) is 0.672. The van der Waals surface area contributed by atoms with Gasteiger partial charge in [-0.25, -0.2) is 18.0 Å². The van der Waals surface area contributed by atoms with Crippen LogP contribution in [0.4, 0.5) is 15.3 Å². The number of likely N-dealkylation sites (tertiary alicyclic amines) is 1. The molecule has 2 fully saturated rings. The highest BCUT2D eigenvalue weighted by atomic mass is 32.2. The third kappa shape index (κ3) is 24.6. The summed E-state index contributed by atoms with van der Waals surface area (Å²) in [6, 6.07) is 7.90. The van der Waals surface area contributed by atoms with Gasteiger partial charge in [-0.05, 0) is 105 Å². The fourth-order valence-electron chi connectivity index (χ4n) is 11.9. The number of benzene rings is 2. The van der Waals surface area contributed by atoms with Crippen molar-refractivity contribution in [3.05, 3.63) is 65.7 Å². The van der Waals surface area contributed by atoms with Crippen molar-refractivity contribution in [1.29, 1.82) is 0 Å². The Balaban J connectivity index is 1.42. The number of sulfonamides is 1. The number of primary amides is 1. The van der Waals surface area contributed by atoms with Crippen LogP contribution in [0.2, 0.25) is 0 Å². The molecule has 2 aromatic carbocycles. The number of hydrogen-bond donors (Lipinski definition) is 9. The van der Waals surface area contributed by atoms with Gasteiger partial charge in [0.25, 0.3) is 5.91 Å². The summed E-state index contributed by atoms with van der Waals surface area (Å²) in [5, 5.41) is 15.9. The number of carbonyl (C=O) groups excluding carboxylic acids is 10. The van der Waals surface area contributed by atoms with Gasteiger partial charge in [-0.2, -0.15) is 0 Å². The van der Waals surface area contributed by atoms with E-state index in [2.05, 4.69) is 36.6 Å². The van der Waals surface area contributed by atoms with E-state index in [4.69, 9.17) is 25.7 Å². The molecule has 28 heteroatoms. The van der Waals surface area contributed by atoms with Crippen molar-refractivity contribution in [2.75, 3.05) is 53.3 Å². The highest BCUT2D eigenvalue weighted by Gasteiger charge is 2.45. The molecule has 2 aromatic rings. The van der Waals surface area contributed by atoms with Crippen LogP contribution in [0.25, 0.3) is 0 Å². The predicted molar refractivity (Wildman–Crippen MR) is 360 cm³/mol. The SMILES string of the molecule is CC[C@H](C)[C@@H]([C@@H](CC(=O)N1CCC[C@H]1[C@H](OC)[C@@H](C)C(=O)N[C@@H](Cc1ccccc1)C(=O)NS(=O)(=O)C1CC1)OC)N(C)C(=O)[C@@H](NC(=O)[C@H](C(C)C)N(C)C(=O)OCc1ccc(NC(=O)[C@H](CCCNC(N)=O)NC(=O)[C@@H](NC(=O)CCCCCN)C(C)C)cc1)C(C)C. The second kappa shape index (κ2) is 39.0. The molecule has 1 aliphatic carbocycles. The van der Waals surface area contributed by atoms with Gasteiger partial charge in [0.05, 0.1) is 41.9 Å². The first-order valence-corrected chi connectivity index (χ1v) is 34.9. The number of ether oxygens (including phenoxy) is 3. The van der Waals surface area contributed by atoms with Gasteiger partial charge in [0.2, 0.25) is 51.4 Å². The first kappa shape index (κ1) is 80.0. The van der Waals surface area contributed by atoms with Crippen LogP contribution < -0.4 is 48.1 Å². The normalized spacial score (nSPS) is 17.1. The molecule has 532 valence electrons. The lowest BCUT2D eigenvalue weighted by Gasteiger charge is -2.41. The van der Waals surface area contributed by atoms with E-state index in [1.54, 1.807) is 115 Å². The van der Waals surface area contributed by atoms with Crippen LogP contribution >= 0.6 is 0 Å². The van der Waals surface area contributed by atoms with E-state index in [1.165, 1.54) is 31.1 Å². The number of unbranched alkanes of at least 4 members (excludes halogenated alkanes) is 2. The van der Waals surface area contributed by atoms with Crippen LogP contribution in [-0.2, 0) is 75.6 Å². The molecule has 1 aliphatic heterocycles. The molecule has 1 saturated heterocycles. The van der Waals surface area contributed by atoms with Gasteiger partial charge in [-0.3, -0.25) is 48.0 Å². The Kier molecular flexibility index (Phi) is 32.8. The monoisotopic (exact) mass is 1350 g/mol. The van der Waals surface area contributed by atoms with Gasteiger partial charge in [-0.1, -0.05) is 118 Å². The summed E-state index contributed by atoms with van der Waals surface area (Å²) < 4.78 is 45.6. The van der Waals surface area contributed by atoms with E-state index in [-0.39, 0.29) is 68.9 Å². The van der Waals surface area contributed by atoms with Gasteiger partial charge in [-0.15, -0.1) is 0 Å². The van der Waals surface area contributed by atoms with Crippen LogP contribution in [0.15, 0.2) is 54.6 Å². The summed E-state index contributed by atoms with van der Waals surface area (Å²) in [6.45, 7) is 16.9. The number of nitrogens with two attached hydrogens (primary N) is 2. The minimum absolute atomic E-state index is 0.0221. The molecule has 0 aromatic heterocycles. The first-order chi connectivity index (χ1) is 44.9. The van der Waals surface area contributed by atoms with Crippen molar-refractivity contribution >= 4 is 75.1 Å². The number of rotatable bonds is 40. The standard InChI is InChI=1S/C67H108N12O15S/c1-14-43(8)58(52(92-12)38-54(81)79-36-22-26-51(79)59(93-13)44(9)60(82)73-50(37-45-23-17-15-18-24-45)62(84)76-95(90,91)48-32-33-48)77(10)65(87)56(41(4)5)75-64(86)57(42(6)7)78(11)67(89)94-39-46-28-30-47(31-29-46)71-61(83)49(25-21-35-70-66(69)88)72-63(85)55(40(2)3)74-53(80)27-19-16-20-34-68/h15,17-18,23-24,28-31,40-44,48-52,55-59H,14,16,19-22,25-27,32-39,68H2,1-13H3,(H,71,83)(H,72,85)(H,73,82)(H,74,80)(H,75,86)(H,76,84)(H3,69,70,88)/t43-,44+,49-,50-,51-,52+,55-,56-,57-,58-,59+/m0/s1. The Hall–Kier alpha value is -7.43. The molecule has 1 heterocycles. The van der Waals surface area contributed by atoms with Crippen LogP contribution in [0.1, 0.15) is 150 Å². The molecule has 0 unspecified atom stereocenters. The van der Waals surface area contributed by atoms with E-state index in [0.717, 1.165) is 12.8 Å². The molecule has 1 saturated carbocycles. The topological polar surface area (TPSA) is 378 Å². The zero-order valence-corrected chi connectivity index (χ0v) is 58.7. The number of hydrogen-bond acceptors (Lipinski definition) is 16. The average Bonchev–Trinajstić information content (AvgIpc) is 1.76. The maximum atomic E-state index is 14.9. The number of urea groups is 1. The Labute approximate surface area is 561 Å². The van der Waals surface area contributed by atoms with E-state index in [9.17, 15) is 56.4 Å². The molecule has 0 bridgehead atoms. The third-order valence-electron chi connectivity index (χ3n) is 17.8. The smallest absolute Gasteiger partial charge is 0.410 e. The number of likely N-dealkylation sites (N-methyl/N-ethyl adjacent to an activating group) is 2. The highest BCUT2D eigenvalue weighted by molar-refractivity contribution is 7.90. The number of carbonyl (C=O) groups is 10. The second-order valence-corrected chi connectivity index (χ2v) is 28.2. The first-order valence-electron chi connectivity index (χ1n) is 33.4. The quantitative estimate of drug-likeness (QED) is 0.0422. The van der Waals surface area contributed by atoms with Crippen molar-refractivity contribution in [1.82, 2.24) is 46.0 Å². The number of anilines is 1. The molecule has 0 radical (unpaired) electrons. The molecular formula is C67H108N12O15S. The summed E-state index contributed by atoms with van der Waals surface area (Å²) >= 11 is 0. The summed E-state index contributed by atoms with van der Waals surface area (Å²) in [7, 11) is 2.03. The lowest BCUT2D eigenvalue weighted by Crippen LogP contribution is -2.60. The van der Waals surface area contributed by atoms with E-state index in [0.29, 0.717) is 68.4 Å². The molecule has 0 spiro atoms. The van der Waals surface area contributed by atoms with Crippen LogP contribution in [0.3, 0.4) is 0 Å². The molecule has 2 aliphatic rings. The number of methoxy groups -OCH3 is 2. The summed E-state index contributed by atoms with van der Waals surface area (Å²) in [6.07, 6.45) is 2.69. The van der Waals surface area contributed by atoms with E-state index >= 15 is 0 Å². The zero-order valence-electron chi connectivity index (χ0n) is 57.9. The molecule has 4 rings (SSSR count). The average molecular weight is 1350 g/mol. The predicted octanol–water partition coefficient (Wildman–Crippen LogP) is 4.21. The number of amides is 11. The maximum Gasteiger partial charge on any atom is 0.410 e. The van der Waals surface area contributed by atoms with Crippen molar-refractivity contribution in [3.63, 3.8) is 0 Å². The molecule has 11 amide bonds.